The molecule has 108 valence electrons. The minimum absolute atomic E-state index is 0.104. The van der Waals surface area contributed by atoms with Crippen molar-refractivity contribution in [3.63, 3.8) is 0 Å². The summed E-state index contributed by atoms with van der Waals surface area (Å²) in [4.78, 5) is 2.19. The Bertz CT molecular complexity index is 273. The summed E-state index contributed by atoms with van der Waals surface area (Å²) in [6.45, 7) is 6.73. The molecule has 0 saturated heterocycles. The zero-order valence-electron chi connectivity index (χ0n) is 11.7. The number of benzene rings is 1. The molecule has 0 aliphatic rings. The van der Waals surface area contributed by atoms with Crippen LogP contribution in [0.25, 0.3) is 0 Å². The zero-order chi connectivity index (χ0) is 14.6. The number of nitrogens with zero attached hydrogens (tertiary/aromatic N) is 1. The van der Waals surface area contributed by atoms with Crippen molar-refractivity contribution < 1.29 is 18.8 Å². The molecule has 5 heteroatoms. The number of hydrogen-bond donors (Lipinski definition) is 0. The average Bonchev–Trinajstić information content (AvgIpc) is 2.41. The van der Waals surface area contributed by atoms with Crippen molar-refractivity contribution in [2.24, 2.45) is 0 Å². The van der Waals surface area contributed by atoms with Crippen LogP contribution >= 0.6 is 17.3 Å². The van der Waals surface area contributed by atoms with Gasteiger partial charge >= 0.3 is 81.5 Å². The Morgan fingerprint density at radius 3 is 1.83 bits per heavy atom. The topological polar surface area (TPSA) is 3.24 Å². The molecular weight excluding hydrogens is 511 g/mol. The van der Waals surface area contributed by atoms with Gasteiger partial charge in [-0.05, 0) is 18.6 Å². The number of hydrogen-bond acceptors (Lipinski definition) is 1. The summed E-state index contributed by atoms with van der Waals surface area (Å²) >= 11 is 4.59. The van der Waals surface area contributed by atoms with Crippen molar-refractivity contribution in [1.29, 1.82) is 0 Å². The maximum atomic E-state index is 4.61. The van der Waals surface area contributed by atoms with Crippen molar-refractivity contribution in [3.05, 3.63) is 30.3 Å². The Morgan fingerprint density at radius 2 is 1.67 bits per heavy atom. The SMILES string of the molecule is CP(C)c1ccccc1.C[C@@H](C[Se])N(C)C.[Cl][Pt]. The first-order valence-electron chi connectivity index (χ1n) is 5.58. The second kappa shape index (κ2) is 14.5. The fourth-order valence-corrected chi connectivity index (χ4v) is 2.27. The van der Waals surface area contributed by atoms with E-state index in [-0.39, 0.29) is 7.92 Å². The zero-order valence-corrected chi connectivity index (χ0v) is 17.3. The summed E-state index contributed by atoms with van der Waals surface area (Å²) < 4.78 is 0. The van der Waals surface area contributed by atoms with Crippen molar-refractivity contribution in [2.45, 2.75) is 18.3 Å². The molecule has 1 aromatic rings. The van der Waals surface area contributed by atoms with E-state index in [2.05, 4.69) is 95.0 Å². The van der Waals surface area contributed by atoms with E-state index >= 15 is 0 Å². The van der Waals surface area contributed by atoms with E-state index in [4.69, 9.17) is 0 Å². The third-order valence-electron chi connectivity index (χ3n) is 2.40. The summed E-state index contributed by atoms with van der Waals surface area (Å²) in [6, 6.07) is 11.3. The fraction of sp³-hybridized carbons (Fsp3) is 0.538. The van der Waals surface area contributed by atoms with E-state index in [1.807, 2.05) is 0 Å². The van der Waals surface area contributed by atoms with Crippen molar-refractivity contribution in [2.75, 3.05) is 27.4 Å². The summed E-state index contributed by atoms with van der Waals surface area (Å²) in [6.07, 6.45) is 0. The number of rotatable bonds is 3. The second-order valence-corrected chi connectivity index (χ2v) is 7.21. The molecular formula is C13H23ClNPPtSe. The van der Waals surface area contributed by atoms with Crippen LogP contribution in [-0.4, -0.2) is 54.4 Å². The molecule has 1 atom stereocenters. The molecule has 1 nitrogen and oxygen atoms in total. The standard InChI is InChI=1S/C8H11P.C5H12NSe.ClH.Pt/c1-9(2)8-6-4-3-5-7-8;1-5(4-7)6(2)3;;/h3-7H,1-2H3;5H,4H2,1-3H3;1H;/q;;;+1/p-1/t;5-;;/m.0../s1. The van der Waals surface area contributed by atoms with Gasteiger partial charge in [-0.3, -0.25) is 0 Å². The van der Waals surface area contributed by atoms with Gasteiger partial charge in [0.1, 0.15) is 0 Å². The van der Waals surface area contributed by atoms with Crippen LogP contribution in [0.15, 0.2) is 30.3 Å². The second-order valence-electron chi connectivity index (χ2n) is 4.21. The Morgan fingerprint density at radius 1 is 1.22 bits per heavy atom. The Labute approximate surface area is 137 Å². The third kappa shape index (κ3) is 12.2. The first-order valence-corrected chi connectivity index (χ1v) is 11.8. The van der Waals surface area contributed by atoms with Gasteiger partial charge < -0.3 is 0 Å². The van der Waals surface area contributed by atoms with Crippen molar-refractivity contribution >= 4 is 38.7 Å². The molecule has 0 N–H and O–H groups in total. The Balaban J connectivity index is 0. The van der Waals surface area contributed by atoms with Crippen molar-refractivity contribution in [3.8, 4) is 0 Å². The quantitative estimate of drug-likeness (QED) is 0.426. The van der Waals surface area contributed by atoms with E-state index in [0.717, 1.165) is 5.32 Å². The number of halogens is 1. The van der Waals surface area contributed by atoms with Gasteiger partial charge in [-0.2, -0.15) is 0 Å². The molecule has 0 bridgehead atoms. The molecule has 0 heterocycles. The molecule has 0 amide bonds. The normalized spacial score (nSPS) is 11.3. The van der Waals surface area contributed by atoms with Crippen LogP contribution in [0.1, 0.15) is 6.92 Å². The molecule has 0 aliphatic heterocycles. The van der Waals surface area contributed by atoms with Crippen LogP contribution in [0.4, 0.5) is 0 Å². The summed E-state index contributed by atoms with van der Waals surface area (Å²) in [5, 5.41) is 2.60. The molecule has 1 rings (SSSR count). The predicted molar refractivity (Wildman–Crippen MR) is 84.4 cm³/mol. The summed E-state index contributed by atoms with van der Waals surface area (Å²) in [7, 11) is 8.89. The first kappa shape index (κ1) is 21.4. The van der Waals surface area contributed by atoms with Gasteiger partial charge in [-0.15, -0.1) is 0 Å². The van der Waals surface area contributed by atoms with Crippen LogP contribution in [0.3, 0.4) is 0 Å². The molecule has 0 aliphatic carbocycles. The Hall–Kier alpha value is 1.11. The maximum absolute atomic E-state index is 4.61. The third-order valence-corrected chi connectivity index (χ3v) is 4.74. The molecule has 0 spiro atoms. The molecule has 0 fully saturated rings. The molecule has 0 saturated carbocycles. The molecule has 18 heavy (non-hydrogen) atoms. The van der Waals surface area contributed by atoms with Crippen molar-refractivity contribution in [1.82, 2.24) is 4.90 Å². The monoisotopic (exact) mass is 534 g/mol. The van der Waals surface area contributed by atoms with Crippen LogP contribution in [0.2, 0.25) is 5.32 Å². The van der Waals surface area contributed by atoms with E-state index in [1.54, 1.807) is 18.8 Å². The van der Waals surface area contributed by atoms with Gasteiger partial charge in [0.25, 0.3) is 0 Å². The fourth-order valence-electron chi connectivity index (χ4n) is 0.875. The van der Waals surface area contributed by atoms with Crippen LogP contribution in [0.5, 0.6) is 0 Å². The van der Waals surface area contributed by atoms with E-state index in [1.165, 1.54) is 5.30 Å². The summed E-state index contributed by atoms with van der Waals surface area (Å²) in [5.41, 5.74) is 0. The van der Waals surface area contributed by atoms with Crippen LogP contribution < -0.4 is 5.30 Å². The van der Waals surface area contributed by atoms with E-state index < -0.39 is 0 Å². The molecule has 1 aromatic carbocycles. The Kier molecular flexibility index (Phi) is 17.3. The van der Waals surface area contributed by atoms with E-state index in [9.17, 15) is 0 Å². The van der Waals surface area contributed by atoms with Gasteiger partial charge in [-0.25, -0.2) is 0 Å². The van der Waals surface area contributed by atoms with E-state index in [0.29, 0.717) is 6.04 Å². The van der Waals surface area contributed by atoms with Gasteiger partial charge in [0.2, 0.25) is 0 Å². The average molecular weight is 534 g/mol. The molecule has 1 radical (unpaired) electrons. The minimum atomic E-state index is 0.104. The predicted octanol–water partition coefficient (Wildman–Crippen LogP) is 3.26. The molecule has 0 aromatic heterocycles. The van der Waals surface area contributed by atoms with Crippen LogP contribution in [0, 0.1) is 0 Å². The first-order chi connectivity index (χ1) is 8.49. The van der Waals surface area contributed by atoms with Gasteiger partial charge in [-0.1, -0.05) is 38.3 Å². The molecule has 0 unspecified atom stereocenters. The van der Waals surface area contributed by atoms with Crippen LogP contribution in [-0.2, 0) is 18.8 Å². The van der Waals surface area contributed by atoms with Gasteiger partial charge in [0.15, 0.2) is 0 Å². The van der Waals surface area contributed by atoms with Gasteiger partial charge in [0.05, 0.1) is 0 Å². The summed E-state index contributed by atoms with van der Waals surface area (Å²) in [5.74, 6) is 0. The van der Waals surface area contributed by atoms with Gasteiger partial charge in [0, 0.05) is 0 Å².